The van der Waals surface area contributed by atoms with Crippen LogP contribution in [0.25, 0.3) is 0 Å². The van der Waals surface area contributed by atoms with E-state index in [0.717, 1.165) is 25.2 Å². The summed E-state index contributed by atoms with van der Waals surface area (Å²) in [7, 11) is 0. The Hall–Kier alpha value is -0.390. The molecule has 0 bridgehead atoms. The maximum absolute atomic E-state index is 10.5. The van der Waals surface area contributed by atoms with E-state index in [0.29, 0.717) is 0 Å². The first-order valence-corrected chi connectivity index (χ1v) is 3.44. The van der Waals surface area contributed by atoms with Gasteiger partial charge in [-0.05, 0) is 6.42 Å². The van der Waals surface area contributed by atoms with E-state index in [4.69, 9.17) is 5.11 Å². The van der Waals surface area contributed by atoms with Crippen LogP contribution < -0.4 is 0 Å². The number of aromatic carboxylic acids is 1. The first-order valence-electron chi connectivity index (χ1n) is 3.44. The molecule has 2 rings (SSSR count). The molecule has 0 saturated heterocycles. The van der Waals surface area contributed by atoms with Gasteiger partial charge in [-0.15, -0.1) is 10.2 Å². The molecular weight excluding hydrogens is 169 g/mol. The number of nitrogens with zero attached hydrogens (tertiary/aromatic N) is 3. The second kappa shape index (κ2) is 3.55. The van der Waals surface area contributed by atoms with Crippen molar-refractivity contribution in [2.45, 2.75) is 19.4 Å². The third-order valence-electron chi connectivity index (χ3n) is 1.80. The van der Waals surface area contributed by atoms with Gasteiger partial charge in [0.15, 0.2) is 0 Å². The van der Waals surface area contributed by atoms with Crippen molar-refractivity contribution in [3.8, 4) is 0 Å². The number of fused-ring (bicyclic) bond motifs is 1. The molecule has 6 heteroatoms. The fourth-order valence-corrected chi connectivity index (χ4v) is 1.31. The molecule has 0 aromatic carbocycles. The zero-order chi connectivity index (χ0) is 7.84. The van der Waals surface area contributed by atoms with Crippen LogP contribution in [-0.4, -0.2) is 55.4 Å². The van der Waals surface area contributed by atoms with Gasteiger partial charge in [-0.3, -0.25) is 0 Å². The third kappa shape index (κ3) is 1.39. The van der Waals surface area contributed by atoms with Crippen molar-refractivity contribution in [2.75, 3.05) is 0 Å². The van der Waals surface area contributed by atoms with Crippen molar-refractivity contribution in [2.24, 2.45) is 0 Å². The minimum absolute atomic E-state index is 0. The van der Waals surface area contributed by atoms with Crippen molar-refractivity contribution < 1.29 is 9.90 Å². The van der Waals surface area contributed by atoms with E-state index in [1.54, 1.807) is 4.57 Å². The van der Waals surface area contributed by atoms with E-state index in [1.807, 2.05) is 0 Å². The summed E-state index contributed by atoms with van der Waals surface area (Å²) in [6, 6.07) is 0. The van der Waals surface area contributed by atoms with Gasteiger partial charge in [0.2, 0.25) is 5.82 Å². The summed E-state index contributed by atoms with van der Waals surface area (Å²) in [6.45, 7) is 0.740. The Morgan fingerprint density at radius 3 is 2.92 bits per heavy atom. The molecule has 1 N–H and O–H groups in total. The van der Waals surface area contributed by atoms with Crippen LogP contribution in [0.1, 0.15) is 22.9 Å². The van der Waals surface area contributed by atoms with Gasteiger partial charge in [-0.2, -0.15) is 0 Å². The first-order chi connectivity index (χ1) is 5.29. The fraction of sp³-hybridized carbons (Fsp3) is 0.500. The van der Waals surface area contributed by atoms with Crippen LogP contribution in [0.4, 0.5) is 0 Å². The van der Waals surface area contributed by atoms with Gasteiger partial charge in [0.1, 0.15) is 5.82 Å². The van der Waals surface area contributed by atoms with Crippen LogP contribution in [0.15, 0.2) is 0 Å². The van der Waals surface area contributed by atoms with Crippen molar-refractivity contribution >= 4 is 35.5 Å². The van der Waals surface area contributed by atoms with E-state index >= 15 is 0 Å². The molecule has 59 valence electrons. The maximum atomic E-state index is 10.5. The fourth-order valence-electron chi connectivity index (χ4n) is 1.31. The largest absolute Gasteiger partial charge is 0.475 e. The molecule has 1 aromatic rings. The molecule has 0 aliphatic carbocycles. The second-order valence-corrected chi connectivity index (χ2v) is 2.50. The summed E-state index contributed by atoms with van der Waals surface area (Å²) < 4.78 is 1.66. The van der Waals surface area contributed by atoms with Gasteiger partial charge < -0.3 is 9.67 Å². The predicted molar refractivity (Wildman–Crippen MR) is 41.1 cm³/mol. The predicted octanol–water partition coefficient (Wildman–Crippen LogP) is -0.458. The van der Waals surface area contributed by atoms with Crippen LogP contribution in [0.2, 0.25) is 0 Å². The minimum atomic E-state index is -0.995. The number of carbonyl (C=O) groups is 1. The summed E-state index contributed by atoms with van der Waals surface area (Å²) >= 11 is 0. The molecule has 5 nitrogen and oxygen atoms in total. The molecule has 1 aliphatic rings. The van der Waals surface area contributed by atoms with Crippen LogP contribution in [0.3, 0.4) is 0 Å². The second-order valence-electron chi connectivity index (χ2n) is 2.50. The standard InChI is InChI=1S/C6H7N3O2.Na/c10-6(11)5-8-7-4-2-1-3-9(4)5;/h1-3H2,(H,10,11);. The van der Waals surface area contributed by atoms with Crippen LogP contribution >= 0.6 is 0 Å². The topological polar surface area (TPSA) is 68.0 Å². The van der Waals surface area contributed by atoms with Crippen LogP contribution in [0.5, 0.6) is 0 Å². The Labute approximate surface area is 91.1 Å². The molecule has 1 aliphatic heterocycles. The Morgan fingerprint density at radius 1 is 1.50 bits per heavy atom. The Kier molecular flexibility index (Phi) is 2.87. The van der Waals surface area contributed by atoms with E-state index in [2.05, 4.69) is 10.2 Å². The number of aromatic nitrogens is 3. The van der Waals surface area contributed by atoms with Gasteiger partial charge >= 0.3 is 5.97 Å². The zero-order valence-corrected chi connectivity index (χ0v) is 8.82. The maximum Gasteiger partial charge on any atom is 0.374 e. The van der Waals surface area contributed by atoms with Gasteiger partial charge in [0, 0.05) is 42.5 Å². The summed E-state index contributed by atoms with van der Waals surface area (Å²) in [5.74, 6) is -0.134. The summed E-state index contributed by atoms with van der Waals surface area (Å²) in [5.41, 5.74) is 0. The average molecular weight is 176 g/mol. The zero-order valence-electron chi connectivity index (χ0n) is 6.82. The van der Waals surface area contributed by atoms with Gasteiger partial charge in [0.05, 0.1) is 0 Å². The molecule has 12 heavy (non-hydrogen) atoms. The first kappa shape index (κ1) is 9.70. The molecule has 1 radical (unpaired) electrons. The Balaban J connectivity index is 0.000000720. The van der Waals surface area contributed by atoms with Gasteiger partial charge in [-0.25, -0.2) is 4.79 Å². The van der Waals surface area contributed by atoms with Gasteiger partial charge in [-0.1, -0.05) is 0 Å². The van der Waals surface area contributed by atoms with Crippen LogP contribution in [-0.2, 0) is 13.0 Å². The molecule has 0 amide bonds. The van der Waals surface area contributed by atoms with E-state index in [9.17, 15) is 4.79 Å². The monoisotopic (exact) mass is 176 g/mol. The summed E-state index contributed by atoms with van der Waals surface area (Å²) in [4.78, 5) is 10.5. The van der Waals surface area contributed by atoms with Crippen molar-refractivity contribution in [1.82, 2.24) is 14.8 Å². The van der Waals surface area contributed by atoms with Crippen molar-refractivity contribution in [3.63, 3.8) is 0 Å². The molecule has 0 saturated carbocycles. The molecular formula is C6H7N3NaO2. The molecule has 0 unspecified atom stereocenters. The normalized spacial score (nSPS) is 13.7. The van der Waals surface area contributed by atoms with E-state index in [1.165, 1.54) is 0 Å². The molecule has 0 fully saturated rings. The van der Waals surface area contributed by atoms with Crippen molar-refractivity contribution in [3.05, 3.63) is 11.6 Å². The molecule has 0 atom stereocenters. The number of rotatable bonds is 1. The number of carboxylic acids is 1. The summed E-state index contributed by atoms with van der Waals surface area (Å²) in [5, 5.41) is 15.9. The van der Waals surface area contributed by atoms with E-state index in [-0.39, 0.29) is 35.4 Å². The number of aryl methyl sites for hydroxylation is 1. The van der Waals surface area contributed by atoms with Gasteiger partial charge in [0.25, 0.3) is 0 Å². The number of carboxylic acid groups (broad SMARTS) is 1. The SMILES string of the molecule is O=C(O)c1nnc2n1CCC2.[Na]. The number of hydrogen-bond donors (Lipinski definition) is 1. The Morgan fingerprint density at radius 2 is 2.25 bits per heavy atom. The third-order valence-corrected chi connectivity index (χ3v) is 1.80. The number of hydrogen-bond acceptors (Lipinski definition) is 3. The van der Waals surface area contributed by atoms with Crippen molar-refractivity contribution in [1.29, 1.82) is 0 Å². The van der Waals surface area contributed by atoms with Crippen LogP contribution in [0, 0.1) is 0 Å². The molecule has 2 heterocycles. The van der Waals surface area contributed by atoms with E-state index < -0.39 is 5.97 Å². The smallest absolute Gasteiger partial charge is 0.374 e. The molecule has 0 spiro atoms. The molecule has 1 aromatic heterocycles. The average Bonchev–Trinajstić information content (AvgIpc) is 2.41. The quantitative estimate of drug-likeness (QED) is 0.588. The summed E-state index contributed by atoms with van der Waals surface area (Å²) in [6.07, 6.45) is 1.82. The minimum Gasteiger partial charge on any atom is -0.475 e. The Bertz CT molecular complexity index is 310.